The van der Waals surface area contributed by atoms with E-state index < -0.39 is 0 Å². The summed E-state index contributed by atoms with van der Waals surface area (Å²) >= 11 is 9.38. The van der Waals surface area contributed by atoms with Gasteiger partial charge in [0.15, 0.2) is 0 Å². The van der Waals surface area contributed by atoms with Crippen LogP contribution in [0, 0.1) is 0 Å². The van der Waals surface area contributed by atoms with Gasteiger partial charge in [0, 0.05) is 0 Å². The fraction of sp³-hybridized carbons (Fsp3) is 0.455. The topological polar surface area (TPSA) is 21.3 Å². The summed E-state index contributed by atoms with van der Waals surface area (Å²) < 4.78 is 5.36. The summed E-state index contributed by atoms with van der Waals surface area (Å²) in [6.45, 7) is 3.53. The zero-order chi connectivity index (χ0) is 11.1. The number of halogens is 2. The number of rotatable bonds is 6. The third-order valence-corrected chi connectivity index (χ3v) is 2.67. The Hall–Kier alpha value is -0.250. The molecule has 0 heterocycles. The van der Waals surface area contributed by atoms with E-state index in [1.165, 1.54) is 5.56 Å². The number of nitrogens with one attached hydrogen (secondary N) is 1. The van der Waals surface area contributed by atoms with E-state index in [1.54, 1.807) is 0 Å². The maximum absolute atomic E-state index is 6.07. The molecule has 0 fully saturated rings. The Morgan fingerprint density at radius 1 is 1.47 bits per heavy atom. The van der Waals surface area contributed by atoms with Crippen LogP contribution in [0.25, 0.3) is 0 Å². The standard InChI is InChI=1S/C11H15BrClNO/c1-2-15-11-4-3-9(7-10(11)13)5-6-14-8-12/h3-4,7,14H,2,5-6,8H2,1H3. The predicted octanol–water partition coefficient (Wildman–Crippen LogP) is 3.22. The van der Waals surface area contributed by atoms with Crippen LogP contribution >= 0.6 is 27.5 Å². The van der Waals surface area contributed by atoms with Crippen molar-refractivity contribution < 1.29 is 4.74 Å². The van der Waals surface area contributed by atoms with Gasteiger partial charge in [0.05, 0.1) is 17.1 Å². The van der Waals surface area contributed by atoms with Gasteiger partial charge in [-0.15, -0.1) is 0 Å². The highest BCUT2D eigenvalue weighted by Crippen LogP contribution is 2.25. The van der Waals surface area contributed by atoms with E-state index in [2.05, 4.69) is 21.2 Å². The van der Waals surface area contributed by atoms with Crippen LogP contribution in [0.1, 0.15) is 12.5 Å². The molecule has 0 unspecified atom stereocenters. The fourth-order valence-corrected chi connectivity index (χ4v) is 1.81. The smallest absolute Gasteiger partial charge is 0.137 e. The molecular weight excluding hydrogens is 277 g/mol. The molecule has 0 aliphatic carbocycles. The molecule has 0 aliphatic heterocycles. The molecule has 0 saturated carbocycles. The van der Waals surface area contributed by atoms with Gasteiger partial charge in [-0.1, -0.05) is 33.6 Å². The van der Waals surface area contributed by atoms with Crippen molar-refractivity contribution in [2.75, 3.05) is 18.6 Å². The van der Waals surface area contributed by atoms with Crippen LogP contribution in [0.15, 0.2) is 18.2 Å². The van der Waals surface area contributed by atoms with E-state index in [9.17, 15) is 0 Å². The molecule has 0 aromatic heterocycles. The Kier molecular flexibility index (Phi) is 6.06. The molecule has 0 aliphatic rings. The van der Waals surface area contributed by atoms with E-state index in [1.807, 2.05) is 25.1 Å². The summed E-state index contributed by atoms with van der Waals surface area (Å²) in [7, 11) is 0. The second-order valence-electron chi connectivity index (χ2n) is 3.08. The molecule has 1 aromatic rings. The monoisotopic (exact) mass is 291 g/mol. The molecule has 0 saturated heterocycles. The quantitative estimate of drug-likeness (QED) is 0.494. The molecule has 0 amide bonds. The second-order valence-corrected chi connectivity index (χ2v) is 4.05. The van der Waals surface area contributed by atoms with Crippen LogP contribution in [-0.2, 0) is 6.42 Å². The molecule has 2 nitrogen and oxygen atoms in total. The van der Waals surface area contributed by atoms with E-state index in [0.29, 0.717) is 11.6 Å². The molecular formula is C11H15BrClNO. The van der Waals surface area contributed by atoms with Crippen LogP contribution in [0.2, 0.25) is 5.02 Å². The lowest BCUT2D eigenvalue weighted by Crippen LogP contribution is -2.14. The Labute approximate surface area is 104 Å². The van der Waals surface area contributed by atoms with E-state index in [0.717, 1.165) is 24.2 Å². The first-order chi connectivity index (χ1) is 7.27. The predicted molar refractivity (Wildman–Crippen MR) is 68.1 cm³/mol. The number of hydrogen-bond donors (Lipinski definition) is 1. The van der Waals surface area contributed by atoms with Crippen LogP contribution in [0.5, 0.6) is 5.75 Å². The summed E-state index contributed by atoms with van der Waals surface area (Å²) in [5.41, 5.74) is 2.04. The van der Waals surface area contributed by atoms with Gasteiger partial charge in [-0.3, -0.25) is 0 Å². The van der Waals surface area contributed by atoms with Crippen molar-refractivity contribution in [1.82, 2.24) is 5.32 Å². The third kappa shape index (κ3) is 4.41. The summed E-state index contributed by atoms with van der Waals surface area (Å²) in [4.78, 5) is 0. The summed E-state index contributed by atoms with van der Waals surface area (Å²) in [6.07, 6.45) is 0.970. The van der Waals surface area contributed by atoms with E-state index in [-0.39, 0.29) is 0 Å². The average Bonchev–Trinajstić information content (AvgIpc) is 2.23. The van der Waals surface area contributed by atoms with Gasteiger partial charge in [-0.25, -0.2) is 0 Å². The molecule has 15 heavy (non-hydrogen) atoms. The SMILES string of the molecule is CCOc1ccc(CCNCBr)cc1Cl. The van der Waals surface area contributed by atoms with Crippen molar-refractivity contribution in [3.63, 3.8) is 0 Å². The molecule has 1 rings (SSSR count). The van der Waals surface area contributed by atoms with E-state index >= 15 is 0 Å². The van der Waals surface area contributed by atoms with Gasteiger partial charge in [0.25, 0.3) is 0 Å². The minimum atomic E-state index is 0.643. The lowest BCUT2D eigenvalue weighted by atomic mass is 10.1. The van der Waals surface area contributed by atoms with Crippen LogP contribution < -0.4 is 10.1 Å². The van der Waals surface area contributed by atoms with E-state index in [4.69, 9.17) is 16.3 Å². The highest BCUT2D eigenvalue weighted by atomic mass is 79.9. The number of hydrogen-bond acceptors (Lipinski definition) is 2. The summed E-state index contributed by atoms with van der Waals surface area (Å²) in [5.74, 6) is 0.761. The molecule has 0 atom stereocenters. The normalized spacial score (nSPS) is 10.3. The van der Waals surface area contributed by atoms with Gasteiger partial charge in [0.2, 0.25) is 0 Å². The molecule has 1 aromatic carbocycles. The van der Waals surface area contributed by atoms with Crippen LogP contribution in [0.4, 0.5) is 0 Å². The Morgan fingerprint density at radius 3 is 2.87 bits per heavy atom. The highest BCUT2D eigenvalue weighted by molar-refractivity contribution is 9.09. The first-order valence-electron chi connectivity index (χ1n) is 4.95. The first kappa shape index (κ1) is 12.8. The largest absolute Gasteiger partial charge is 0.492 e. The van der Waals surface area contributed by atoms with Gasteiger partial charge in [-0.2, -0.15) is 0 Å². The molecule has 0 bridgehead atoms. The van der Waals surface area contributed by atoms with Gasteiger partial charge < -0.3 is 10.1 Å². The lowest BCUT2D eigenvalue weighted by Gasteiger charge is -2.07. The minimum absolute atomic E-state index is 0.643. The second kappa shape index (κ2) is 7.09. The Bertz CT molecular complexity index is 307. The molecule has 0 spiro atoms. The van der Waals surface area contributed by atoms with Crippen molar-refractivity contribution in [3.8, 4) is 5.75 Å². The number of benzene rings is 1. The first-order valence-corrected chi connectivity index (χ1v) is 6.45. The molecule has 4 heteroatoms. The van der Waals surface area contributed by atoms with Gasteiger partial charge in [-0.05, 0) is 37.6 Å². The zero-order valence-corrected chi connectivity index (χ0v) is 11.1. The Morgan fingerprint density at radius 2 is 2.27 bits per heavy atom. The molecule has 0 radical (unpaired) electrons. The van der Waals surface area contributed by atoms with Crippen LogP contribution in [0.3, 0.4) is 0 Å². The average molecular weight is 293 g/mol. The van der Waals surface area contributed by atoms with Gasteiger partial charge >= 0.3 is 0 Å². The maximum Gasteiger partial charge on any atom is 0.137 e. The minimum Gasteiger partial charge on any atom is -0.492 e. The summed E-state index contributed by atoms with van der Waals surface area (Å²) in [5, 5.41) is 3.89. The van der Waals surface area contributed by atoms with Crippen LogP contribution in [-0.4, -0.2) is 18.6 Å². The third-order valence-electron chi connectivity index (χ3n) is 1.98. The number of ether oxygens (including phenoxy) is 1. The van der Waals surface area contributed by atoms with Crippen molar-refractivity contribution in [3.05, 3.63) is 28.8 Å². The lowest BCUT2D eigenvalue weighted by molar-refractivity contribution is 0.340. The zero-order valence-electron chi connectivity index (χ0n) is 8.72. The Balaban J connectivity index is 2.56. The number of alkyl halides is 1. The molecule has 1 N–H and O–H groups in total. The van der Waals surface area contributed by atoms with Crippen molar-refractivity contribution >= 4 is 27.5 Å². The highest BCUT2D eigenvalue weighted by Gasteiger charge is 2.01. The van der Waals surface area contributed by atoms with Crippen molar-refractivity contribution in [2.45, 2.75) is 13.3 Å². The maximum atomic E-state index is 6.07. The van der Waals surface area contributed by atoms with Crippen molar-refractivity contribution in [1.29, 1.82) is 0 Å². The fourth-order valence-electron chi connectivity index (χ4n) is 1.27. The summed E-state index contributed by atoms with van der Waals surface area (Å²) in [6, 6.07) is 5.94. The molecule has 84 valence electrons. The van der Waals surface area contributed by atoms with Crippen molar-refractivity contribution in [2.24, 2.45) is 0 Å². The van der Waals surface area contributed by atoms with Gasteiger partial charge in [0.1, 0.15) is 5.75 Å².